The molecule has 2 aliphatic rings. The van der Waals surface area contributed by atoms with E-state index in [9.17, 15) is 29.4 Å². The van der Waals surface area contributed by atoms with Crippen LogP contribution in [0.2, 0.25) is 0 Å². The molecule has 0 bridgehead atoms. The number of H-pyrrole nitrogens is 2. The number of aliphatic carboxylic acids is 2. The summed E-state index contributed by atoms with van der Waals surface area (Å²) in [6, 6.07) is 0. The van der Waals surface area contributed by atoms with Crippen molar-refractivity contribution in [1.29, 1.82) is 0 Å². The van der Waals surface area contributed by atoms with Gasteiger partial charge in [-0.1, -0.05) is 13.0 Å². The van der Waals surface area contributed by atoms with Crippen LogP contribution in [-0.2, 0) is 32.0 Å². The Bertz CT molecular complexity index is 1780. The third kappa shape index (κ3) is 6.38. The molecule has 43 heavy (non-hydrogen) atoms. The van der Waals surface area contributed by atoms with E-state index in [4.69, 9.17) is 0 Å². The number of nitrogens with zero attached hydrogens (tertiary/aromatic N) is 1. The van der Waals surface area contributed by atoms with Crippen LogP contribution in [0.3, 0.4) is 0 Å². The summed E-state index contributed by atoms with van der Waals surface area (Å²) < 4.78 is 0. The minimum Gasteiger partial charge on any atom is -0.481 e. The molecule has 2 amide bonds. The lowest BCUT2D eigenvalue weighted by Gasteiger charge is -2.03. The van der Waals surface area contributed by atoms with Gasteiger partial charge in [0.05, 0.1) is 11.6 Å². The zero-order valence-electron chi connectivity index (χ0n) is 25.4. The average Bonchev–Trinajstić information content (AvgIpc) is 3.59. The van der Waals surface area contributed by atoms with E-state index in [1.54, 1.807) is 0 Å². The Morgan fingerprint density at radius 3 is 2.12 bits per heavy atom. The molecule has 0 aromatic carbocycles. The van der Waals surface area contributed by atoms with E-state index in [1.165, 1.54) is 0 Å². The lowest BCUT2D eigenvalue weighted by Crippen LogP contribution is -2.16. The first-order valence-electron chi connectivity index (χ1n) is 14.4. The molecule has 4 heterocycles. The van der Waals surface area contributed by atoms with Crippen LogP contribution in [0.4, 0.5) is 0 Å². The summed E-state index contributed by atoms with van der Waals surface area (Å²) in [5.41, 5.74) is 8.40. The number of nitrogens with one attached hydrogen (secondary N) is 3. The average molecular weight is 587 g/mol. The number of aromatic nitrogens is 2. The van der Waals surface area contributed by atoms with E-state index in [0.29, 0.717) is 39.8 Å². The molecule has 10 heteroatoms. The number of hydrogen-bond donors (Lipinski definition) is 5. The summed E-state index contributed by atoms with van der Waals surface area (Å²) in [5.74, 6) is -2.44. The quantitative estimate of drug-likeness (QED) is 0.286. The Kier molecular flexibility index (Phi) is 9.18. The van der Waals surface area contributed by atoms with Crippen molar-refractivity contribution in [3.8, 4) is 0 Å². The van der Waals surface area contributed by atoms with E-state index in [1.807, 2.05) is 65.8 Å². The van der Waals surface area contributed by atoms with Gasteiger partial charge in [0.2, 0.25) is 5.91 Å². The van der Waals surface area contributed by atoms with Gasteiger partial charge in [0.25, 0.3) is 5.91 Å². The molecule has 2 aliphatic heterocycles. The summed E-state index contributed by atoms with van der Waals surface area (Å²) in [7, 11) is 0. The number of amides is 2. The van der Waals surface area contributed by atoms with Crippen LogP contribution in [-0.4, -0.2) is 49.6 Å². The van der Waals surface area contributed by atoms with Crippen molar-refractivity contribution in [3.05, 3.63) is 72.8 Å². The predicted molar refractivity (Wildman–Crippen MR) is 165 cm³/mol. The number of carboxylic acid groups (broad SMARTS) is 2. The lowest BCUT2D eigenvalue weighted by molar-refractivity contribution is -0.138. The molecule has 0 aliphatic carbocycles. The standard InChI is InChI=1S/C33H38N4O6/c1-7-20-19(6)32(42)37-27(20)14-25-18(5)23(10-12-31(40)41)29(35-25)15-28-22(9-11-30(38)39)17(4)24(34-28)13-26-16(3)21(8-2)33(43)36-26/h7,13-15,19,34-35H,8-12H2,1-6H3,(H,37,42)(H,38,39)(H,40,41)/b20-7+,24-13?,27-14+,28-15?. The number of aliphatic imine (C=N–C) groups is 1. The van der Waals surface area contributed by atoms with Gasteiger partial charge in [-0.2, -0.15) is 0 Å². The molecule has 1 atom stereocenters. The molecule has 2 aromatic rings. The van der Waals surface area contributed by atoms with Crippen LogP contribution < -0.4 is 16.0 Å². The third-order valence-electron chi connectivity index (χ3n) is 8.35. The van der Waals surface area contributed by atoms with E-state index >= 15 is 0 Å². The molecular weight excluding hydrogens is 548 g/mol. The van der Waals surface area contributed by atoms with Gasteiger partial charge >= 0.3 is 11.9 Å². The van der Waals surface area contributed by atoms with Crippen molar-refractivity contribution < 1.29 is 29.4 Å². The fourth-order valence-corrected chi connectivity index (χ4v) is 5.77. The molecule has 1 unspecified atom stereocenters. The first-order chi connectivity index (χ1) is 20.4. The fourth-order valence-electron chi connectivity index (χ4n) is 5.77. The molecule has 226 valence electrons. The highest BCUT2D eigenvalue weighted by atomic mass is 16.4. The Morgan fingerprint density at radius 1 is 0.884 bits per heavy atom. The molecule has 0 spiro atoms. The van der Waals surface area contributed by atoms with Crippen molar-refractivity contribution in [2.75, 3.05) is 0 Å². The maximum absolute atomic E-state index is 12.3. The number of allylic oxidation sites excluding steroid dienone is 3. The molecule has 0 saturated carbocycles. The van der Waals surface area contributed by atoms with E-state index in [-0.39, 0.29) is 43.4 Å². The number of aromatic amines is 2. The minimum atomic E-state index is -0.923. The molecule has 4 rings (SSSR count). The highest BCUT2D eigenvalue weighted by molar-refractivity contribution is 6.30. The van der Waals surface area contributed by atoms with Crippen LogP contribution in [0.5, 0.6) is 0 Å². The van der Waals surface area contributed by atoms with Crippen LogP contribution in [0.15, 0.2) is 33.5 Å². The van der Waals surface area contributed by atoms with Crippen LogP contribution in [0.1, 0.15) is 80.6 Å². The van der Waals surface area contributed by atoms with E-state index in [2.05, 4.69) is 20.3 Å². The first-order valence-corrected chi connectivity index (χ1v) is 14.4. The SMILES string of the molecule is C/C=C1/C(=C\c2[nH]c(C=c3[nH]c(=CC4=NC(=O)C(CC)=C4C)c(C)c3CCC(=O)O)c(CCC(=O)O)c2C)NC(=O)C1C. The Morgan fingerprint density at radius 2 is 1.53 bits per heavy atom. The molecule has 1 fully saturated rings. The van der Waals surface area contributed by atoms with Crippen molar-refractivity contribution in [2.24, 2.45) is 10.9 Å². The topological polar surface area (TPSA) is 165 Å². The predicted octanol–water partition coefficient (Wildman–Crippen LogP) is 3.36. The van der Waals surface area contributed by atoms with Gasteiger partial charge in [0, 0.05) is 46.2 Å². The number of carbonyl (C=O) groups is 4. The molecule has 1 saturated heterocycles. The lowest BCUT2D eigenvalue weighted by atomic mass is 10.00. The van der Waals surface area contributed by atoms with Crippen molar-refractivity contribution >= 4 is 47.7 Å². The van der Waals surface area contributed by atoms with Crippen molar-refractivity contribution in [2.45, 2.75) is 73.6 Å². The van der Waals surface area contributed by atoms with Gasteiger partial charge in [-0.15, -0.1) is 0 Å². The second-order valence-electron chi connectivity index (χ2n) is 11.0. The molecule has 5 N–H and O–H groups in total. The largest absolute Gasteiger partial charge is 0.481 e. The number of carbonyl (C=O) groups excluding carboxylic acids is 2. The first kappa shape index (κ1) is 31.2. The zero-order valence-corrected chi connectivity index (χ0v) is 25.4. The van der Waals surface area contributed by atoms with Crippen LogP contribution in [0.25, 0.3) is 18.2 Å². The van der Waals surface area contributed by atoms with Gasteiger partial charge in [-0.25, -0.2) is 4.99 Å². The highest BCUT2D eigenvalue weighted by Gasteiger charge is 2.29. The Hall–Kier alpha value is -4.73. The Balaban J connectivity index is 1.91. The normalized spacial score (nSPS) is 19.8. The van der Waals surface area contributed by atoms with Crippen molar-refractivity contribution in [3.63, 3.8) is 0 Å². The van der Waals surface area contributed by atoms with Gasteiger partial charge in [0.1, 0.15) is 0 Å². The maximum Gasteiger partial charge on any atom is 0.303 e. The second-order valence-corrected chi connectivity index (χ2v) is 11.0. The van der Waals surface area contributed by atoms with Crippen LogP contribution >= 0.6 is 0 Å². The van der Waals surface area contributed by atoms with Crippen LogP contribution in [0, 0.1) is 19.8 Å². The molecule has 10 nitrogen and oxygen atoms in total. The number of rotatable bonds is 10. The molecule has 2 aromatic heterocycles. The highest BCUT2D eigenvalue weighted by Crippen LogP contribution is 2.29. The zero-order chi connectivity index (χ0) is 31.6. The third-order valence-corrected chi connectivity index (χ3v) is 8.35. The second kappa shape index (κ2) is 12.6. The monoisotopic (exact) mass is 586 g/mol. The smallest absolute Gasteiger partial charge is 0.303 e. The molecular formula is C33H38N4O6. The summed E-state index contributed by atoms with van der Waals surface area (Å²) >= 11 is 0. The summed E-state index contributed by atoms with van der Waals surface area (Å²) in [6.45, 7) is 11.3. The van der Waals surface area contributed by atoms with Gasteiger partial charge in [-0.05, 0) is 106 Å². The van der Waals surface area contributed by atoms with Gasteiger partial charge in [-0.3, -0.25) is 19.2 Å². The number of carboxylic acids is 2. The summed E-state index contributed by atoms with van der Waals surface area (Å²) in [6.07, 6.45) is 8.45. The maximum atomic E-state index is 12.3. The molecule has 0 radical (unpaired) electrons. The Labute approximate surface area is 249 Å². The van der Waals surface area contributed by atoms with Gasteiger partial charge in [0.15, 0.2) is 0 Å². The number of hydrogen-bond acceptors (Lipinski definition) is 4. The van der Waals surface area contributed by atoms with E-state index < -0.39 is 11.9 Å². The van der Waals surface area contributed by atoms with Gasteiger partial charge < -0.3 is 25.5 Å². The summed E-state index contributed by atoms with van der Waals surface area (Å²) in [5, 5.41) is 23.2. The fraction of sp³-hybridized carbons (Fsp3) is 0.364. The summed E-state index contributed by atoms with van der Waals surface area (Å²) in [4.78, 5) is 58.8. The van der Waals surface area contributed by atoms with E-state index in [0.717, 1.165) is 39.1 Å². The minimum absolute atomic E-state index is 0.0721. The van der Waals surface area contributed by atoms with Crippen molar-refractivity contribution in [1.82, 2.24) is 15.3 Å².